The Hall–Kier alpha value is -1.98. The fourth-order valence-electron chi connectivity index (χ4n) is 3.24. The Labute approximate surface area is 159 Å². The van der Waals surface area contributed by atoms with Crippen LogP contribution in [0.5, 0.6) is 5.75 Å². The molecule has 1 saturated heterocycles. The molecule has 26 heavy (non-hydrogen) atoms. The SMILES string of the molecule is O=C(COc1ccc(Cl)cc1)NCC(c1ccco1)N1CCCCCC1. The summed E-state index contributed by atoms with van der Waals surface area (Å²) in [4.78, 5) is 14.6. The van der Waals surface area contributed by atoms with E-state index in [9.17, 15) is 4.79 Å². The van der Waals surface area contributed by atoms with Gasteiger partial charge in [-0.1, -0.05) is 24.4 Å². The van der Waals surface area contributed by atoms with Crippen LogP contribution in [-0.4, -0.2) is 37.0 Å². The van der Waals surface area contributed by atoms with Gasteiger partial charge in [-0.25, -0.2) is 0 Å². The van der Waals surface area contributed by atoms with Gasteiger partial charge in [0.05, 0.1) is 12.3 Å². The van der Waals surface area contributed by atoms with Crippen LogP contribution in [0, 0.1) is 0 Å². The summed E-state index contributed by atoms with van der Waals surface area (Å²) in [6.45, 7) is 2.55. The molecular formula is C20H25ClN2O3. The van der Waals surface area contributed by atoms with Crippen molar-refractivity contribution in [3.63, 3.8) is 0 Å². The summed E-state index contributed by atoms with van der Waals surface area (Å²) in [5.41, 5.74) is 0. The van der Waals surface area contributed by atoms with E-state index in [1.165, 1.54) is 25.7 Å². The van der Waals surface area contributed by atoms with E-state index in [-0.39, 0.29) is 18.6 Å². The number of amides is 1. The Balaban J connectivity index is 1.53. The zero-order chi connectivity index (χ0) is 18.2. The number of likely N-dealkylation sites (tertiary alicyclic amines) is 1. The number of furan rings is 1. The number of hydrogen-bond acceptors (Lipinski definition) is 4. The van der Waals surface area contributed by atoms with E-state index < -0.39 is 0 Å². The highest BCUT2D eigenvalue weighted by atomic mass is 35.5. The smallest absolute Gasteiger partial charge is 0.258 e. The van der Waals surface area contributed by atoms with Crippen LogP contribution < -0.4 is 10.1 Å². The predicted molar refractivity (Wildman–Crippen MR) is 101 cm³/mol. The third-order valence-electron chi connectivity index (χ3n) is 4.63. The number of rotatable bonds is 7. The van der Waals surface area contributed by atoms with Crippen molar-refractivity contribution >= 4 is 17.5 Å². The average molecular weight is 377 g/mol. The number of halogens is 1. The first kappa shape index (κ1) is 18.8. The molecule has 140 valence electrons. The van der Waals surface area contributed by atoms with Crippen molar-refractivity contribution in [1.82, 2.24) is 10.2 Å². The number of carbonyl (C=O) groups is 1. The third-order valence-corrected chi connectivity index (χ3v) is 4.88. The standard InChI is InChI=1S/C20H25ClN2O3/c21-16-7-9-17(10-8-16)26-15-20(24)22-14-18(19-6-5-13-25-19)23-11-3-1-2-4-12-23/h5-10,13,18H,1-4,11-12,14-15H2,(H,22,24). The van der Waals surface area contributed by atoms with Gasteiger partial charge in [0.25, 0.3) is 5.91 Å². The lowest BCUT2D eigenvalue weighted by molar-refractivity contribution is -0.123. The molecule has 2 aromatic rings. The van der Waals surface area contributed by atoms with Gasteiger partial charge in [-0.15, -0.1) is 0 Å². The Bertz CT molecular complexity index is 665. The molecular weight excluding hydrogens is 352 g/mol. The molecule has 6 heteroatoms. The second-order valence-corrected chi connectivity index (χ2v) is 6.96. The van der Waals surface area contributed by atoms with Crippen LogP contribution in [0.25, 0.3) is 0 Å². The zero-order valence-electron chi connectivity index (χ0n) is 14.8. The molecule has 2 heterocycles. The lowest BCUT2D eigenvalue weighted by atomic mass is 10.1. The van der Waals surface area contributed by atoms with E-state index in [4.69, 9.17) is 20.8 Å². The van der Waals surface area contributed by atoms with Crippen LogP contribution in [-0.2, 0) is 4.79 Å². The summed E-state index contributed by atoms with van der Waals surface area (Å²) < 4.78 is 11.1. The fourth-order valence-corrected chi connectivity index (χ4v) is 3.36. The first-order valence-electron chi connectivity index (χ1n) is 9.15. The number of benzene rings is 1. The van der Waals surface area contributed by atoms with Crippen molar-refractivity contribution < 1.29 is 13.9 Å². The number of nitrogens with one attached hydrogen (secondary N) is 1. The number of ether oxygens (including phenoxy) is 1. The molecule has 0 bridgehead atoms. The highest BCUT2D eigenvalue weighted by molar-refractivity contribution is 6.30. The Morgan fingerprint density at radius 2 is 1.88 bits per heavy atom. The molecule has 0 saturated carbocycles. The second-order valence-electron chi connectivity index (χ2n) is 6.53. The topological polar surface area (TPSA) is 54.7 Å². The summed E-state index contributed by atoms with van der Waals surface area (Å²) in [5.74, 6) is 1.37. The van der Waals surface area contributed by atoms with Crippen LogP contribution in [0.3, 0.4) is 0 Å². The van der Waals surface area contributed by atoms with E-state index in [1.54, 1.807) is 30.5 Å². The largest absolute Gasteiger partial charge is 0.484 e. The molecule has 1 amide bonds. The predicted octanol–water partition coefficient (Wildman–Crippen LogP) is 4.05. The van der Waals surface area contributed by atoms with Crippen molar-refractivity contribution in [3.05, 3.63) is 53.4 Å². The van der Waals surface area contributed by atoms with Crippen molar-refractivity contribution in [1.29, 1.82) is 0 Å². The van der Waals surface area contributed by atoms with Crippen LogP contribution in [0.4, 0.5) is 0 Å². The van der Waals surface area contributed by atoms with Gasteiger partial charge in [-0.05, 0) is 62.3 Å². The molecule has 1 aliphatic rings. The molecule has 1 unspecified atom stereocenters. The normalized spacial score (nSPS) is 16.7. The second kappa shape index (κ2) is 9.64. The number of hydrogen-bond donors (Lipinski definition) is 1. The fraction of sp³-hybridized carbons (Fsp3) is 0.450. The monoisotopic (exact) mass is 376 g/mol. The van der Waals surface area contributed by atoms with E-state index >= 15 is 0 Å². The van der Waals surface area contributed by atoms with Crippen LogP contribution in [0.1, 0.15) is 37.5 Å². The van der Waals surface area contributed by atoms with Crippen molar-refractivity contribution in [2.24, 2.45) is 0 Å². The van der Waals surface area contributed by atoms with E-state index in [2.05, 4.69) is 10.2 Å². The highest BCUT2D eigenvalue weighted by Gasteiger charge is 2.24. The summed E-state index contributed by atoms with van der Waals surface area (Å²) in [7, 11) is 0. The van der Waals surface area contributed by atoms with Crippen LogP contribution in [0.15, 0.2) is 47.1 Å². The summed E-state index contributed by atoms with van der Waals surface area (Å²) in [6.07, 6.45) is 6.59. The number of carbonyl (C=O) groups excluding carboxylic acids is 1. The molecule has 3 rings (SSSR count). The Morgan fingerprint density at radius 3 is 2.54 bits per heavy atom. The molecule has 5 nitrogen and oxygen atoms in total. The molecule has 0 radical (unpaired) electrons. The maximum absolute atomic E-state index is 12.2. The Morgan fingerprint density at radius 1 is 1.15 bits per heavy atom. The van der Waals surface area contributed by atoms with Crippen molar-refractivity contribution in [2.45, 2.75) is 31.7 Å². The highest BCUT2D eigenvalue weighted by Crippen LogP contribution is 2.24. The molecule has 1 aliphatic heterocycles. The average Bonchev–Trinajstić information content (AvgIpc) is 3.04. The van der Waals surface area contributed by atoms with Gasteiger partial charge in [0.1, 0.15) is 11.5 Å². The minimum Gasteiger partial charge on any atom is -0.484 e. The third kappa shape index (κ3) is 5.51. The van der Waals surface area contributed by atoms with E-state index in [1.807, 2.05) is 12.1 Å². The van der Waals surface area contributed by atoms with E-state index in [0.717, 1.165) is 18.8 Å². The van der Waals surface area contributed by atoms with Gasteiger partial charge >= 0.3 is 0 Å². The summed E-state index contributed by atoms with van der Waals surface area (Å²) in [5, 5.41) is 3.62. The maximum atomic E-state index is 12.2. The first-order chi connectivity index (χ1) is 12.7. The van der Waals surface area contributed by atoms with Gasteiger partial charge in [0.2, 0.25) is 0 Å². The summed E-state index contributed by atoms with van der Waals surface area (Å²) >= 11 is 5.84. The quantitative estimate of drug-likeness (QED) is 0.792. The first-order valence-corrected chi connectivity index (χ1v) is 9.53. The minimum atomic E-state index is -0.147. The molecule has 1 N–H and O–H groups in total. The van der Waals surface area contributed by atoms with Gasteiger partial charge < -0.3 is 14.5 Å². The zero-order valence-corrected chi connectivity index (χ0v) is 15.6. The van der Waals surface area contributed by atoms with Gasteiger partial charge in [-0.3, -0.25) is 9.69 Å². The molecule has 0 spiro atoms. The van der Waals surface area contributed by atoms with Gasteiger partial charge in [-0.2, -0.15) is 0 Å². The van der Waals surface area contributed by atoms with Crippen LogP contribution in [0.2, 0.25) is 5.02 Å². The van der Waals surface area contributed by atoms with Gasteiger partial charge in [0.15, 0.2) is 6.61 Å². The molecule has 1 fully saturated rings. The minimum absolute atomic E-state index is 0.0213. The van der Waals surface area contributed by atoms with E-state index in [0.29, 0.717) is 17.3 Å². The summed E-state index contributed by atoms with van der Waals surface area (Å²) in [6, 6.07) is 10.9. The maximum Gasteiger partial charge on any atom is 0.258 e. The lowest BCUT2D eigenvalue weighted by Gasteiger charge is -2.29. The molecule has 1 atom stereocenters. The molecule has 0 aliphatic carbocycles. The van der Waals surface area contributed by atoms with Gasteiger partial charge in [0, 0.05) is 11.6 Å². The molecule has 1 aromatic heterocycles. The van der Waals surface area contributed by atoms with Crippen molar-refractivity contribution in [2.75, 3.05) is 26.2 Å². The Kier molecular flexibility index (Phi) is 6.97. The number of nitrogens with zero attached hydrogens (tertiary/aromatic N) is 1. The van der Waals surface area contributed by atoms with Crippen LogP contribution >= 0.6 is 11.6 Å². The lowest BCUT2D eigenvalue weighted by Crippen LogP contribution is -2.40. The van der Waals surface area contributed by atoms with Crippen molar-refractivity contribution in [3.8, 4) is 5.75 Å². The molecule has 1 aromatic carbocycles.